The Kier molecular flexibility index (Phi) is 2.69. The van der Waals surface area contributed by atoms with Crippen molar-refractivity contribution in [3.8, 4) is 5.75 Å². The van der Waals surface area contributed by atoms with Gasteiger partial charge in [0.1, 0.15) is 5.75 Å². The highest BCUT2D eigenvalue weighted by molar-refractivity contribution is 6.21. The minimum absolute atomic E-state index is 0.175. The summed E-state index contributed by atoms with van der Waals surface area (Å²) in [6.45, 7) is 2.12. The summed E-state index contributed by atoms with van der Waals surface area (Å²) in [7, 11) is 1.72. The first kappa shape index (κ1) is 9.85. The molecular weight excluding hydrogens is 196 g/mol. The van der Waals surface area contributed by atoms with Gasteiger partial charge in [-0.3, -0.25) is 0 Å². The fraction of sp³-hybridized carbons (Fsp3) is 0.500. The molecule has 1 atom stereocenters. The van der Waals surface area contributed by atoms with Crippen molar-refractivity contribution in [2.45, 2.75) is 31.6 Å². The van der Waals surface area contributed by atoms with E-state index in [2.05, 4.69) is 13.0 Å². The molecule has 0 spiro atoms. The van der Waals surface area contributed by atoms with Crippen LogP contribution in [0.3, 0.4) is 0 Å². The maximum absolute atomic E-state index is 6.33. The minimum atomic E-state index is 0.175. The normalized spacial score (nSPS) is 20.4. The van der Waals surface area contributed by atoms with Crippen LogP contribution < -0.4 is 4.74 Å². The Hall–Kier alpha value is -0.690. The molecule has 0 bridgehead atoms. The summed E-state index contributed by atoms with van der Waals surface area (Å²) in [4.78, 5) is 0. The average Bonchev–Trinajstić information content (AvgIpc) is 2.18. The Morgan fingerprint density at radius 3 is 2.93 bits per heavy atom. The van der Waals surface area contributed by atoms with E-state index in [1.54, 1.807) is 7.11 Å². The van der Waals surface area contributed by atoms with Crippen molar-refractivity contribution in [1.29, 1.82) is 0 Å². The zero-order chi connectivity index (χ0) is 10.1. The van der Waals surface area contributed by atoms with E-state index in [1.807, 2.05) is 6.07 Å². The summed E-state index contributed by atoms with van der Waals surface area (Å²) < 4.78 is 5.36. The van der Waals surface area contributed by atoms with Crippen molar-refractivity contribution in [2.75, 3.05) is 7.11 Å². The number of fused-ring (bicyclic) bond motifs is 1. The van der Waals surface area contributed by atoms with Gasteiger partial charge in [-0.05, 0) is 48.9 Å². The van der Waals surface area contributed by atoms with Gasteiger partial charge in [-0.25, -0.2) is 0 Å². The molecule has 0 N–H and O–H groups in total. The predicted molar refractivity (Wildman–Crippen MR) is 59.3 cm³/mol. The van der Waals surface area contributed by atoms with Gasteiger partial charge < -0.3 is 4.74 Å². The monoisotopic (exact) mass is 210 g/mol. The molecule has 0 saturated carbocycles. The lowest BCUT2D eigenvalue weighted by Gasteiger charge is -2.24. The van der Waals surface area contributed by atoms with E-state index in [0.717, 1.165) is 18.6 Å². The third kappa shape index (κ3) is 1.50. The summed E-state index contributed by atoms with van der Waals surface area (Å²) in [5.41, 5.74) is 3.91. The number of hydrogen-bond acceptors (Lipinski definition) is 1. The van der Waals surface area contributed by atoms with Gasteiger partial charge in [0, 0.05) is 0 Å². The van der Waals surface area contributed by atoms with Gasteiger partial charge in [0.25, 0.3) is 0 Å². The average molecular weight is 211 g/mol. The van der Waals surface area contributed by atoms with Crippen LogP contribution in [0.1, 0.15) is 34.9 Å². The Morgan fingerprint density at radius 2 is 2.21 bits per heavy atom. The summed E-state index contributed by atoms with van der Waals surface area (Å²) in [5, 5.41) is 0.175. The van der Waals surface area contributed by atoms with E-state index in [9.17, 15) is 0 Å². The van der Waals surface area contributed by atoms with Gasteiger partial charge in [-0.15, -0.1) is 11.6 Å². The summed E-state index contributed by atoms with van der Waals surface area (Å²) >= 11 is 6.33. The number of ether oxygens (including phenoxy) is 1. The van der Waals surface area contributed by atoms with Crippen LogP contribution in [0.4, 0.5) is 0 Å². The molecule has 0 radical (unpaired) electrons. The lowest BCUT2D eigenvalue weighted by molar-refractivity contribution is 0.405. The number of benzene rings is 1. The van der Waals surface area contributed by atoms with Gasteiger partial charge in [0.2, 0.25) is 0 Å². The summed E-state index contributed by atoms with van der Waals surface area (Å²) in [6, 6.07) is 4.14. The maximum Gasteiger partial charge on any atom is 0.122 e. The number of alkyl halides is 1. The Morgan fingerprint density at radius 1 is 1.43 bits per heavy atom. The predicted octanol–water partition coefficient (Wildman–Crippen LogP) is 3.62. The van der Waals surface area contributed by atoms with E-state index in [0.29, 0.717) is 0 Å². The standard InChI is InChI=1S/C12H15ClO/c1-8-6-7-11(14-2)9-4-3-5-10(13)12(8)9/h6-7,10H,3-5H2,1-2H3. The first-order valence-electron chi connectivity index (χ1n) is 5.04. The number of methoxy groups -OCH3 is 1. The molecule has 1 aromatic carbocycles. The van der Waals surface area contributed by atoms with Gasteiger partial charge in [-0.1, -0.05) is 6.07 Å². The molecule has 1 unspecified atom stereocenters. The van der Waals surface area contributed by atoms with Crippen molar-refractivity contribution < 1.29 is 4.74 Å². The van der Waals surface area contributed by atoms with Crippen LogP contribution >= 0.6 is 11.6 Å². The first-order valence-corrected chi connectivity index (χ1v) is 5.48. The molecule has 0 amide bonds. The molecule has 1 aromatic rings. The number of aryl methyl sites for hydroxylation is 1. The molecule has 0 fully saturated rings. The maximum atomic E-state index is 6.33. The molecule has 1 aliphatic rings. The highest BCUT2D eigenvalue weighted by Crippen LogP contribution is 2.40. The molecule has 1 aliphatic carbocycles. The zero-order valence-electron chi connectivity index (χ0n) is 8.64. The lowest BCUT2D eigenvalue weighted by Crippen LogP contribution is -2.09. The molecule has 2 rings (SSSR count). The Labute approximate surface area is 90.0 Å². The second-order valence-electron chi connectivity index (χ2n) is 3.84. The fourth-order valence-corrected chi connectivity index (χ4v) is 2.71. The minimum Gasteiger partial charge on any atom is -0.496 e. The molecular formula is C12H15ClO. The van der Waals surface area contributed by atoms with E-state index < -0.39 is 0 Å². The zero-order valence-corrected chi connectivity index (χ0v) is 9.40. The van der Waals surface area contributed by atoms with E-state index in [-0.39, 0.29) is 5.38 Å². The van der Waals surface area contributed by atoms with E-state index >= 15 is 0 Å². The van der Waals surface area contributed by atoms with Gasteiger partial charge >= 0.3 is 0 Å². The van der Waals surface area contributed by atoms with Crippen LogP contribution in [0.2, 0.25) is 0 Å². The third-order valence-corrected chi connectivity index (χ3v) is 3.39. The Bertz CT molecular complexity index is 346. The molecule has 0 heterocycles. The summed E-state index contributed by atoms with van der Waals surface area (Å²) in [5.74, 6) is 0.996. The van der Waals surface area contributed by atoms with Crippen LogP contribution in [-0.2, 0) is 6.42 Å². The highest BCUT2D eigenvalue weighted by atomic mass is 35.5. The van der Waals surface area contributed by atoms with Crippen molar-refractivity contribution in [2.24, 2.45) is 0 Å². The SMILES string of the molecule is COc1ccc(C)c2c1CCCC2Cl. The van der Waals surface area contributed by atoms with Crippen molar-refractivity contribution in [3.05, 3.63) is 28.8 Å². The molecule has 76 valence electrons. The van der Waals surface area contributed by atoms with Crippen LogP contribution in [0.25, 0.3) is 0 Å². The second-order valence-corrected chi connectivity index (χ2v) is 4.36. The Balaban J connectivity index is 2.57. The highest BCUT2D eigenvalue weighted by Gasteiger charge is 2.22. The molecule has 0 saturated heterocycles. The fourth-order valence-electron chi connectivity index (χ4n) is 2.25. The number of rotatable bonds is 1. The molecule has 1 nitrogen and oxygen atoms in total. The van der Waals surface area contributed by atoms with Gasteiger partial charge in [-0.2, -0.15) is 0 Å². The quantitative estimate of drug-likeness (QED) is 0.644. The van der Waals surface area contributed by atoms with Crippen molar-refractivity contribution >= 4 is 11.6 Å². The molecule has 2 heteroatoms. The number of hydrogen-bond donors (Lipinski definition) is 0. The van der Waals surface area contributed by atoms with Crippen LogP contribution in [0.5, 0.6) is 5.75 Å². The third-order valence-electron chi connectivity index (χ3n) is 2.95. The molecule has 14 heavy (non-hydrogen) atoms. The second kappa shape index (κ2) is 3.82. The van der Waals surface area contributed by atoms with E-state index in [4.69, 9.17) is 16.3 Å². The van der Waals surface area contributed by atoms with Gasteiger partial charge in [0.05, 0.1) is 12.5 Å². The first-order chi connectivity index (χ1) is 6.74. The smallest absolute Gasteiger partial charge is 0.122 e. The molecule has 0 aromatic heterocycles. The van der Waals surface area contributed by atoms with Crippen LogP contribution in [0.15, 0.2) is 12.1 Å². The molecule has 0 aliphatic heterocycles. The van der Waals surface area contributed by atoms with E-state index in [1.165, 1.54) is 23.1 Å². The summed E-state index contributed by atoms with van der Waals surface area (Å²) in [6.07, 6.45) is 3.35. The van der Waals surface area contributed by atoms with Crippen LogP contribution in [-0.4, -0.2) is 7.11 Å². The van der Waals surface area contributed by atoms with Crippen molar-refractivity contribution in [1.82, 2.24) is 0 Å². The van der Waals surface area contributed by atoms with Crippen molar-refractivity contribution in [3.63, 3.8) is 0 Å². The van der Waals surface area contributed by atoms with Crippen LogP contribution in [0, 0.1) is 6.92 Å². The largest absolute Gasteiger partial charge is 0.496 e. The topological polar surface area (TPSA) is 9.23 Å². The van der Waals surface area contributed by atoms with Gasteiger partial charge in [0.15, 0.2) is 0 Å². The lowest BCUT2D eigenvalue weighted by atomic mass is 9.87. The number of halogens is 1.